The van der Waals surface area contributed by atoms with Crippen molar-refractivity contribution < 1.29 is 28.2 Å². The van der Waals surface area contributed by atoms with Gasteiger partial charge in [0, 0.05) is 27.2 Å². The maximum absolute atomic E-state index is 14.3. The Bertz CT molecular complexity index is 1380. The Morgan fingerprint density at radius 3 is 2.51 bits per heavy atom. The summed E-state index contributed by atoms with van der Waals surface area (Å²) in [6.07, 6.45) is 1.26. The molecule has 0 aromatic heterocycles. The first-order chi connectivity index (χ1) is 16.8. The van der Waals surface area contributed by atoms with Gasteiger partial charge < -0.3 is 9.47 Å². The third-order valence-corrected chi connectivity index (χ3v) is 5.70. The third-order valence-electron chi connectivity index (χ3n) is 5.11. The standard InChI is InChI=1S/C25H17Cl2FN2O5/c1-34-17-9-7-14(22(12-17)35-13-15-6-8-16(26)11-19(15)27)10-18-23(31)29-25(33)30(24(18)32)21-5-3-2-4-20(21)28/h2-12H,13H2,1H3,(H,29,31,33)/b18-10-. The zero-order valence-corrected chi connectivity index (χ0v) is 19.7. The Kier molecular flexibility index (Phi) is 7.04. The van der Waals surface area contributed by atoms with E-state index >= 15 is 0 Å². The Labute approximate surface area is 209 Å². The van der Waals surface area contributed by atoms with E-state index in [0.29, 0.717) is 31.8 Å². The molecular weight excluding hydrogens is 498 g/mol. The molecule has 0 saturated carbocycles. The molecule has 1 fully saturated rings. The first-order valence-corrected chi connectivity index (χ1v) is 10.9. The average molecular weight is 515 g/mol. The number of imide groups is 2. The number of methoxy groups -OCH3 is 1. The molecule has 1 N–H and O–H groups in total. The van der Waals surface area contributed by atoms with Crippen LogP contribution < -0.4 is 19.7 Å². The predicted molar refractivity (Wildman–Crippen MR) is 129 cm³/mol. The van der Waals surface area contributed by atoms with E-state index in [2.05, 4.69) is 5.32 Å². The number of urea groups is 1. The number of rotatable bonds is 6. The fourth-order valence-corrected chi connectivity index (χ4v) is 3.81. The van der Waals surface area contributed by atoms with Crippen LogP contribution in [0.3, 0.4) is 0 Å². The maximum Gasteiger partial charge on any atom is 0.336 e. The van der Waals surface area contributed by atoms with Crippen LogP contribution in [0, 0.1) is 5.82 Å². The summed E-state index contributed by atoms with van der Waals surface area (Å²) in [5, 5.41) is 2.94. The van der Waals surface area contributed by atoms with E-state index in [9.17, 15) is 18.8 Å². The zero-order chi connectivity index (χ0) is 25.1. The van der Waals surface area contributed by atoms with Crippen LogP contribution >= 0.6 is 23.2 Å². The number of anilines is 1. The molecule has 0 unspecified atom stereocenters. The summed E-state index contributed by atoms with van der Waals surface area (Å²) in [6.45, 7) is 0.0549. The van der Waals surface area contributed by atoms with E-state index in [1.54, 1.807) is 36.4 Å². The van der Waals surface area contributed by atoms with Gasteiger partial charge in [-0.05, 0) is 42.5 Å². The molecule has 0 aliphatic carbocycles. The Balaban J connectivity index is 1.70. The van der Waals surface area contributed by atoms with Crippen molar-refractivity contribution >= 4 is 52.8 Å². The van der Waals surface area contributed by atoms with Gasteiger partial charge in [0.05, 0.1) is 12.8 Å². The number of carbonyl (C=O) groups excluding carboxylic acids is 3. The minimum atomic E-state index is -1.05. The third kappa shape index (κ3) is 5.13. The largest absolute Gasteiger partial charge is 0.497 e. The van der Waals surface area contributed by atoms with E-state index in [1.807, 2.05) is 0 Å². The highest BCUT2D eigenvalue weighted by atomic mass is 35.5. The van der Waals surface area contributed by atoms with Crippen molar-refractivity contribution in [3.05, 3.63) is 93.2 Å². The summed E-state index contributed by atoms with van der Waals surface area (Å²) in [7, 11) is 1.48. The normalized spacial score (nSPS) is 14.8. The number of nitrogens with one attached hydrogen (secondary N) is 1. The van der Waals surface area contributed by atoms with Gasteiger partial charge in [-0.3, -0.25) is 14.9 Å². The van der Waals surface area contributed by atoms with Gasteiger partial charge >= 0.3 is 6.03 Å². The van der Waals surface area contributed by atoms with Crippen molar-refractivity contribution in [1.29, 1.82) is 0 Å². The van der Waals surface area contributed by atoms with E-state index in [4.69, 9.17) is 32.7 Å². The quantitative estimate of drug-likeness (QED) is 0.352. The molecule has 1 aliphatic rings. The van der Waals surface area contributed by atoms with Crippen LogP contribution in [0.15, 0.2) is 66.2 Å². The highest BCUT2D eigenvalue weighted by molar-refractivity contribution is 6.39. The Hall–Kier alpha value is -3.88. The van der Waals surface area contributed by atoms with Gasteiger partial charge in [-0.1, -0.05) is 41.4 Å². The monoisotopic (exact) mass is 514 g/mol. The zero-order valence-electron chi connectivity index (χ0n) is 18.2. The fraction of sp³-hybridized carbons (Fsp3) is 0.0800. The van der Waals surface area contributed by atoms with E-state index in [-0.39, 0.29) is 23.6 Å². The van der Waals surface area contributed by atoms with Crippen molar-refractivity contribution in [3.8, 4) is 11.5 Å². The van der Waals surface area contributed by atoms with Gasteiger partial charge in [0.25, 0.3) is 11.8 Å². The fourth-order valence-electron chi connectivity index (χ4n) is 3.34. The number of ether oxygens (including phenoxy) is 2. The smallest absolute Gasteiger partial charge is 0.336 e. The summed E-state index contributed by atoms with van der Waals surface area (Å²) in [6, 6.07) is 13.9. The van der Waals surface area contributed by atoms with Crippen LogP contribution in [0.4, 0.5) is 14.9 Å². The highest BCUT2D eigenvalue weighted by Gasteiger charge is 2.38. The summed E-state index contributed by atoms with van der Waals surface area (Å²) < 4.78 is 25.5. The molecule has 3 aromatic carbocycles. The van der Waals surface area contributed by atoms with E-state index in [0.717, 1.165) is 6.07 Å². The molecule has 3 aromatic rings. The number of barbiturate groups is 1. The summed E-state index contributed by atoms with van der Waals surface area (Å²) in [5.74, 6) is -1.95. The van der Waals surface area contributed by atoms with Crippen LogP contribution in [0.5, 0.6) is 11.5 Å². The minimum absolute atomic E-state index is 0.0549. The van der Waals surface area contributed by atoms with E-state index < -0.39 is 23.7 Å². The lowest BCUT2D eigenvalue weighted by atomic mass is 10.1. The van der Waals surface area contributed by atoms with Gasteiger partial charge in [-0.25, -0.2) is 14.1 Å². The number of amides is 4. The number of hydrogen-bond donors (Lipinski definition) is 1. The van der Waals surface area contributed by atoms with Crippen molar-refractivity contribution in [3.63, 3.8) is 0 Å². The lowest BCUT2D eigenvalue weighted by molar-refractivity contribution is -0.122. The SMILES string of the molecule is COc1ccc(/C=C2/C(=O)NC(=O)N(c3ccccc3F)C2=O)c(OCc2ccc(Cl)cc2Cl)c1. The van der Waals surface area contributed by atoms with Gasteiger partial charge in [0.1, 0.15) is 29.5 Å². The molecule has 7 nitrogen and oxygen atoms in total. The molecule has 4 amide bonds. The highest BCUT2D eigenvalue weighted by Crippen LogP contribution is 2.31. The molecule has 10 heteroatoms. The molecule has 1 saturated heterocycles. The average Bonchev–Trinajstić information content (AvgIpc) is 2.82. The second-order valence-corrected chi connectivity index (χ2v) is 8.18. The number of benzene rings is 3. The predicted octanol–water partition coefficient (Wildman–Crippen LogP) is 5.39. The summed E-state index contributed by atoms with van der Waals surface area (Å²) in [4.78, 5) is 38.6. The minimum Gasteiger partial charge on any atom is -0.497 e. The van der Waals surface area contributed by atoms with Crippen LogP contribution in [-0.2, 0) is 16.2 Å². The van der Waals surface area contributed by atoms with Crippen molar-refractivity contribution in [2.75, 3.05) is 12.0 Å². The number of nitrogens with zero attached hydrogens (tertiary/aromatic N) is 1. The van der Waals surface area contributed by atoms with E-state index in [1.165, 1.54) is 31.4 Å². The molecule has 4 rings (SSSR count). The summed E-state index contributed by atoms with van der Waals surface area (Å²) in [5.41, 5.74) is 0.335. The van der Waals surface area contributed by atoms with Crippen LogP contribution in [0.2, 0.25) is 10.0 Å². The van der Waals surface area contributed by atoms with Gasteiger partial charge in [-0.2, -0.15) is 0 Å². The number of halogens is 3. The maximum atomic E-state index is 14.3. The summed E-state index contributed by atoms with van der Waals surface area (Å²) >= 11 is 12.2. The molecule has 178 valence electrons. The van der Waals surface area contributed by atoms with Gasteiger partial charge in [0.2, 0.25) is 0 Å². The number of hydrogen-bond acceptors (Lipinski definition) is 5. The van der Waals surface area contributed by atoms with Crippen molar-refractivity contribution in [2.24, 2.45) is 0 Å². The van der Waals surface area contributed by atoms with Gasteiger partial charge in [0.15, 0.2) is 0 Å². The van der Waals surface area contributed by atoms with Crippen LogP contribution in [0.25, 0.3) is 6.08 Å². The first kappa shape index (κ1) is 24.3. The number of carbonyl (C=O) groups is 3. The second-order valence-electron chi connectivity index (χ2n) is 7.34. The lowest BCUT2D eigenvalue weighted by Gasteiger charge is -2.26. The Morgan fingerprint density at radius 1 is 1.03 bits per heavy atom. The lowest BCUT2D eigenvalue weighted by Crippen LogP contribution is -2.54. The molecule has 0 bridgehead atoms. The molecule has 1 aliphatic heterocycles. The van der Waals surface area contributed by atoms with Crippen molar-refractivity contribution in [1.82, 2.24) is 5.32 Å². The second kappa shape index (κ2) is 10.2. The Morgan fingerprint density at radius 2 is 1.80 bits per heavy atom. The van der Waals surface area contributed by atoms with Crippen LogP contribution in [0.1, 0.15) is 11.1 Å². The molecular formula is C25H17Cl2FN2O5. The molecule has 35 heavy (non-hydrogen) atoms. The van der Waals surface area contributed by atoms with Gasteiger partial charge in [-0.15, -0.1) is 0 Å². The number of para-hydroxylation sites is 1. The topological polar surface area (TPSA) is 84.9 Å². The molecule has 0 radical (unpaired) electrons. The molecule has 0 spiro atoms. The molecule has 0 atom stereocenters. The van der Waals surface area contributed by atoms with Crippen molar-refractivity contribution in [2.45, 2.75) is 6.61 Å². The molecule has 1 heterocycles. The first-order valence-electron chi connectivity index (χ1n) is 10.2. The van der Waals surface area contributed by atoms with Crippen LogP contribution in [-0.4, -0.2) is 25.0 Å².